The number of nitriles is 1. The van der Waals surface area contributed by atoms with Crippen LogP contribution in [0.3, 0.4) is 0 Å². The van der Waals surface area contributed by atoms with Crippen LogP contribution < -0.4 is 9.47 Å². The highest BCUT2D eigenvalue weighted by Crippen LogP contribution is 2.34. The lowest BCUT2D eigenvalue weighted by molar-refractivity contribution is -0.132. The number of benzene rings is 1. The first-order valence-electron chi connectivity index (χ1n) is 8.50. The third-order valence-corrected chi connectivity index (χ3v) is 6.14. The number of rotatable bonds is 5. The summed E-state index contributed by atoms with van der Waals surface area (Å²) in [6, 6.07) is 6.28. The molecule has 1 fully saturated rings. The van der Waals surface area contributed by atoms with Gasteiger partial charge in [-0.25, -0.2) is 17.8 Å². The second-order valence-corrected chi connectivity index (χ2v) is 8.68. The van der Waals surface area contributed by atoms with Crippen LogP contribution in [0.1, 0.15) is 12.5 Å². The average Bonchev–Trinajstić information content (AvgIpc) is 3.05. The van der Waals surface area contributed by atoms with Gasteiger partial charge in [-0.2, -0.15) is 9.57 Å². The number of ether oxygens (including phenoxy) is 2. The number of hydrogen-bond donors (Lipinski definition) is 0. The molecule has 0 unspecified atom stereocenters. The van der Waals surface area contributed by atoms with Crippen molar-refractivity contribution in [2.45, 2.75) is 18.1 Å². The summed E-state index contributed by atoms with van der Waals surface area (Å²) in [5, 5.41) is 9.07. The summed E-state index contributed by atoms with van der Waals surface area (Å²) in [5.41, 5.74) is 0.0768. The van der Waals surface area contributed by atoms with Crippen LogP contribution in [0.15, 0.2) is 47.6 Å². The molecule has 11 heteroatoms. The summed E-state index contributed by atoms with van der Waals surface area (Å²) in [4.78, 5) is 15.2. The molecule has 0 saturated carbocycles. The van der Waals surface area contributed by atoms with Gasteiger partial charge in [-0.15, -0.1) is 0 Å². The Labute approximate surface area is 177 Å². The molecular weight excluding hydrogens is 437 g/mol. The van der Waals surface area contributed by atoms with E-state index in [9.17, 15) is 17.6 Å². The van der Waals surface area contributed by atoms with Crippen molar-refractivity contribution in [1.82, 2.24) is 9.29 Å². The molecule has 1 aliphatic rings. The van der Waals surface area contributed by atoms with Crippen molar-refractivity contribution >= 4 is 27.6 Å². The van der Waals surface area contributed by atoms with Crippen LogP contribution in [0.4, 0.5) is 4.39 Å². The van der Waals surface area contributed by atoms with Crippen LogP contribution in [0.2, 0.25) is 5.02 Å². The summed E-state index contributed by atoms with van der Waals surface area (Å²) < 4.78 is 51.5. The maximum Gasteiger partial charge on any atom is 0.308 e. The Kier molecular flexibility index (Phi) is 6.07. The van der Waals surface area contributed by atoms with Gasteiger partial charge in [0.25, 0.3) is 10.0 Å². The Morgan fingerprint density at radius 3 is 2.73 bits per heavy atom. The summed E-state index contributed by atoms with van der Waals surface area (Å²) in [7, 11) is -3.94. The van der Waals surface area contributed by atoms with E-state index in [0.717, 1.165) is 23.4 Å². The molecule has 1 aromatic heterocycles. The maximum atomic E-state index is 14.1. The molecule has 1 saturated heterocycles. The van der Waals surface area contributed by atoms with E-state index in [-0.39, 0.29) is 35.2 Å². The Balaban J connectivity index is 1.86. The first-order valence-corrected chi connectivity index (χ1v) is 10.3. The number of nitrogens with zero attached hydrogens (tertiary/aromatic N) is 3. The van der Waals surface area contributed by atoms with Gasteiger partial charge in [0, 0.05) is 31.8 Å². The standard InChI is InChI=1S/C19H15ClFN3O5S/c1-11-9-24(30(26,27)19-4-3-14(20)8-23-19)10-18(11)29-17-6-15(21)13(7-22)5-16(17)28-12(2)25/h3-6,8,18H,1,9-10H2,2H3/t18-/m0/s1. The highest BCUT2D eigenvalue weighted by atomic mass is 35.5. The molecule has 30 heavy (non-hydrogen) atoms. The summed E-state index contributed by atoms with van der Waals surface area (Å²) >= 11 is 5.75. The van der Waals surface area contributed by atoms with Crippen molar-refractivity contribution in [1.29, 1.82) is 5.26 Å². The van der Waals surface area contributed by atoms with E-state index in [1.807, 2.05) is 0 Å². The minimum Gasteiger partial charge on any atom is -0.481 e. The van der Waals surface area contributed by atoms with Gasteiger partial charge in [0.2, 0.25) is 0 Å². The number of esters is 1. The molecular formula is C19H15ClFN3O5S. The Bertz CT molecular complexity index is 1160. The minimum absolute atomic E-state index is 0.0427. The molecule has 0 spiro atoms. The fourth-order valence-electron chi connectivity index (χ4n) is 2.76. The topological polar surface area (TPSA) is 110 Å². The number of carbonyl (C=O) groups is 1. The van der Waals surface area contributed by atoms with Crippen LogP contribution >= 0.6 is 11.6 Å². The fourth-order valence-corrected chi connectivity index (χ4v) is 4.23. The predicted molar refractivity (Wildman–Crippen MR) is 104 cm³/mol. The lowest BCUT2D eigenvalue weighted by atomic mass is 10.2. The van der Waals surface area contributed by atoms with Gasteiger partial charge in [0.1, 0.15) is 18.0 Å². The monoisotopic (exact) mass is 451 g/mol. The first-order chi connectivity index (χ1) is 14.1. The van der Waals surface area contributed by atoms with Gasteiger partial charge in [-0.05, 0) is 17.7 Å². The van der Waals surface area contributed by atoms with Crippen molar-refractivity contribution in [2.75, 3.05) is 13.1 Å². The maximum absolute atomic E-state index is 14.1. The van der Waals surface area contributed by atoms with Crippen LogP contribution in [0.5, 0.6) is 11.5 Å². The zero-order valence-electron chi connectivity index (χ0n) is 15.6. The molecule has 8 nitrogen and oxygen atoms in total. The normalized spacial score (nSPS) is 16.9. The highest BCUT2D eigenvalue weighted by Gasteiger charge is 2.37. The third kappa shape index (κ3) is 4.43. The van der Waals surface area contributed by atoms with Crippen molar-refractivity contribution in [3.8, 4) is 17.6 Å². The molecule has 1 aliphatic heterocycles. The largest absolute Gasteiger partial charge is 0.481 e. The lowest BCUT2D eigenvalue weighted by Crippen LogP contribution is -2.31. The zero-order chi connectivity index (χ0) is 22.1. The molecule has 0 aliphatic carbocycles. The molecule has 2 heterocycles. The SMILES string of the molecule is C=C1CN(S(=O)(=O)c2ccc(Cl)cn2)C[C@@H]1Oc1cc(F)c(C#N)cc1OC(C)=O. The van der Waals surface area contributed by atoms with Gasteiger partial charge in [-0.3, -0.25) is 4.79 Å². The van der Waals surface area contributed by atoms with Crippen molar-refractivity contribution < 1.29 is 27.1 Å². The van der Waals surface area contributed by atoms with Gasteiger partial charge >= 0.3 is 5.97 Å². The lowest BCUT2D eigenvalue weighted by Gasteiger charge is -2.18. The van der Waals surface area contributed by atoms with E-state index >= 15 is 0 Å². The highest BCUT2D eigenvalue weighted by molar-refractivity contribution is 7.89. The van der Waals surface area contributed by atoms with E-state index in [0.29, 0.717) is 10.6 Å². The predicted octanol–water partition coefficient (Wildman–Crippen LogP) is 2.68. The van der Waals surface area contributed by atoms with Gasteiger partial charge < -0.3 is 9.47 Å². The van der Waals surface area contributed by atoms with Crippen molar-refractivity contribution in [2.24, 2.45) is 0 Å². The number of hydrogen-bond acceptors (Lipinski definition) is 7. The van der Waals surface area contributed by atoms with Crippen LogP contribution in [0, 0.1) is 17.1 Å². The van der Waals surface area contributed by atoms with Gasteiger partial charge in [0.15, 0.2) is 16.5 Å². The van der Waals surface area contributed by atoms with E-state index < -0.39 is 27.9 Å². The molecule has 156 valence electrons. The molecule has 0 amide bonds. The van der Waals surface area contributed by atoms with Crippen LogP contribution in [-0.2, 0) is 14.8 Å². The number of sulfonamides is 1. The fraction of sp³-hybridized carbons (Fsp3) is 0.211. The van der Waals surface area contributed by atoms with Crippen LogP contribution in [-0.4, -0.2) is 42.9 Å². The molecule has 0 radical (unpaired) electrons. The number of halogens is 2. The smallest absolute Gasteiger partial charge is 0.308 e. The zero-order valence-corrected chi connectivity index (χ0v) is 17.2. The number of carbonyl (C=O) groups excluding carboxylic acids is 1. The number of aromatic nitrogens is 1. The molecule has 0 bridgehead atoms. The van der Waals surface area contributed by atoms with E-state index in [1.165, 1.54) is 18.3 Å². The minimum atomic E-state index is -3.94. The van der Waals surface area contributed by atoms with Gasteiger partial charge in [-0.1, -0.05) is 18.2 Å². The molecule has 1 atom stereocenters. The van der Waals surface area contributed by atoms with E-state index in [4.69, 9.17) is 26.3 Å². The van der Waals surface area contributed by atoms with Crippen molar-refractivity contribution in [3.63, 3.8) is 0 Å². The molecule has 0 N–H and O–H groups in total. The quantitative estimate of drug-likeness (QED) is 0.390. The first kappa shape index (κ1) is 21.7. The molecule has 1 aromatic carbocycles. The van der Waals surface area contributed by atoms with E-state index in [2.05, 4.69) is 11.6 Å². The Hall–Kier alpha value is -3.00. The molecule has 2 aromatic rings. The summed E-state index contributed by atoms with van der Waals surface area (Å²) in [6.45, 7) is 4.80. The molecule has 3 rings (SSSR count). The summed E-state index contributed by atoms with van der Waals surface area (Å²) in [5.74, 6) is -1.88. The Morgan fingerprint density at radius 1 is 1.40 bits per heavy atom. The summed E-state index contributed by atoms with van der Waals surface area (Å²) in [6.07, 6.45) is 0.381. The van der Waals surface area contributed by atoms with Gasteiger partial charge in [0.05, 0.1) is 17.1 Å². The third-order valence-electron chi connectivity index (χ3n) is 4.19. The Morgan fingerprint density at radius 2 is 2.13 bits per heavy atom. The second kappa shape index (κ2) is 8.39. The van der Waals surface area contributed by atoms with E-state index in [1.54, 1.807) is 6.07 Å². The number of pyridine rings is 1. The average molecular weight is 452 g/mol. The van der Waals surface area contributed by atoms with Crippen molar-refractivity contribution in [3.05, 3.63) is 59.0 Å². The van der Waals surface area contributed by atoms with Crippen LogP contribution in [0.25, 0.3) is 0 Å². The second-order valence-electron chi connectivity index (χ2n) is 6.36.